The van der Waals surface area contributed by atoms with E-state index in [1.54, 1.807) is 6.20 Å². The number of hydrogen-bond acceptors (Lipinski definition) is 1. The predicted octanol–water partition coefficient (Wildman–Crippen LogP) is 2.78. The predicted molar refractivity (Wildman–Crippen MR) is 53.9 cm³/mol. The van der Waals surface area contributed by atoms with Gasteiger partial charge in [-0.25, -0.2) is 0 Å². The molecule has 1 aliphatic carbocycles. The second-order valence-electron chi connectivity index (χ2n) is 3.13. The van der Waals surface area contributed by atoms with Crippen LogP contribution in [-0.2, 0) is 0 Å². The normalized spacial score (nSPS) is 20.0. The van der Waals surface area contributed by atoms with E-state index < -0.39 is 0 Å². The molecule has 0 aromatic rings. The molecule has 1 rings (SSSR count). The Morgan fingerprint density at radius 1 is 1.42 bits per heavy atom. The van der Waals surface area contributed by atoms with Crippen LogP contribution in [0.5, 0.6) is 0 Å². The van der Waals surface area contributed by atoms with Crippen LogP contribution in [0.1, 0.15) is 25.7 Å². The molecule has 66 valence electrons. The van der Waals surface area contributed by atoms with Gasteiger partial charge in [0.1, 0.15) is 0 Å². The maximum Gasteiger partial charge on any atom is 0.0176 e. The van der Waals surface area contributed by atoms with Crippen LogP contribution in [0.25, 0.3) is 0 Å². The summed E-state index contributed by atoms with van der Waals surface area (Å²) in [6.07, 6.45) is 8.83. The molecule has 0 saturated heterocycles. The van der Waals surface area contributed by atoms with E-state index in [-0.39, 0.29) is 0 Å². The smallest absolute Gasteiger partial charge is 0.0176 e. The van der Waals surface area contributed by atoms with Crippen LogP contribution in [-0.4, -0.2) is 6.54 Å². The van der Waals surface area contributed by atoms with Gasteiger partial charge in [-0.1, -0.05) is 24.8 Å². The topological polar surface area (TPSA) is 12.0 Å². The fraction of sp³-hybridized carbons (Fsp3) is 0.455. The third-order valence-electron chi connectivity index (χ3n) is 2.20. The Kier molecular flexibility index (Phi) is 3.65. The van der Waals surface area contributed by atoms with E-state index in [1.165, 1.54) is 30.4 Å². The lowest BCUT2D eigenvalue weighted by atomic mass is 10.1. The molecule has 0 aromatic carbocycles. The Morgan fingerprint density at radius 3 is 2.83 bits per heavy atom. The van der Waals surface area contributed by atoms with Crippen molar-refractivity contribution in [2.45, 2.75) is 25.7 Å². The van der Waals surface area contributed by atoms with E-state index in [0.29, 0.717) is 0 Å². The summed E-state index contributed by atoms with van der Waals surface area (Å²) in [5, 5.41) is 3.08. The van der Waals surface area contributed by atoms with Gasteiger partial charge in [-0.15, -0.1) is 0 Å². The van der Waals surface area contributed by atoms with Gasteiger partial charge in [0.25, 0.3) is 0 Å². The van der Waals surface area contributed by atoms with Crippen molar-refractivity contribution >= 4 is 0 Å². The lowest BCUT2D eigenvalue weighted by Crippen LogP contribution is -2.04. The van der Waals surface area contributed by atoms with Crippen molar-refractivity contribution in [1.82, 2.24) is 5.32 Å². The summed E-state index contributed by atoms with van der Waals surface area (Å²) in [7, 11) is 0. The van der Waals surface area contributed by atoms with Crippen LogP contribution < -0.4 is 5.32 Å². The zero-order chi connectivity index (χ0) is 8.81. The van der Waals surface area contributed by atoms with Gasteiger partial charge < -0.3 is 5.32 Å². The molecule has 0 spiro atoms. The highest BCUT2D eigenvalue weighted by Crippen LogP contribution is 2.28. The first kappa shape index (κ1) is 9.11. The molecule has 1 aliphatic rings. The van der Waals surface area contributed by atoms with Crippen molar-refractivity contribution < 1.29 is 0 Å². The number of hydrogen-bond donors (Lipinski definition) is 1. The second kappa shape index (κ2) is 4.81. The van der Waals surface area contributed by atoms with Crippen molar-refractivity contribution in [2.75, 3.05) is 6.54 Å². The lowest BCUT2D eigenvalue weighted by molar-refractivity contribution is 0.847. The summed E-state index contributed by atoms with van der Waals surface area (Å²) >= 11 is 0. The first-order valence-electron chi connectivity index (χ1n) is 4.56. The largest absolute Gasteiger partial charge is 0.391 e. The molecule has 0 aliphatic heterocycles. The summed E-state index contributed by atoms with van der Waals surface area (Å²) in [6.45, 7) is 8.61. The molecule has 1 saturated carbocycles. The summed E-state index contributed by atoms with van der Waals surface area (Å²) in [6, 6.07) is 0. The highest BCUT2D eigenvalue weighted by Gasteiger charge is 2.09. The first-order chi connectivity index (χ1) is 5.84. The molecular weight excluding hydrogens is 146 g/mol. The van der Waals surface area contributed by atoms with Gasteiger partial charge in [0.05, 0.1) is 0 Å². The van der Waals surface area contributed by atoms with Crippen LogP contribution >= 0.6 is 0 Å². The van der Waals surface area contributed by atoms with Crippen molar-refractivity contribution in [1.29, 1.82) is 0 Å². The van der Waals surface area contributed by atoms with Gasteiger partial charge in [0, 0.05) is 6.54 Å². The molecule has 1 N–H and O–H groups in total. The van der Waals surface area contributed by atoms with E-state index in [9.17, 15) is 0 Å². The van der Waals surface area contributed by atoms with Crippen molar-refractivity contribution in [3.63, 3.8) is 0 Å². The molecule has 12 heavy (non-hydrogen) atoms. The summed E-state index contributed by atoms with van der Waals surface area (Å²) < 4.78 is 0. The molecule has 0 aromatic heterocycles. The molecule has 0 atom stereocenters. The molecule has 0 amide bonds. The van der Waals surface area contributed by atoms with Crippen LogP contribution in [0, 0.1) is 0 Å². The molecule has 0 heterocycles. The highest BCUT2D eigenvalue weighted by atomic mass is 14.8. The van der Waals surface area contributed by atoms with Gasteiger partial charge in [-0.3, -0.25) is 0 Å². The van der Waals surface area contributed by atoms with Gasteiger partial charge in [0.2, 0.25) is 0 Å². The van der Waals surface area contributed by atoms with Crippen molar-refractivity contribution in [3.8, 4) is 0 Å². The van der Waals surface area contributed by atoms with Crippen LogP contribution in [0.3, 0.4) is 0 Å². The van der Waals surface area contributed by atoms with E-state index in [0.717, 1.165) is 13.0 Å². The van der Waals surface area contributed by atoms with Crippen molar-refractivity contribution in [2.24, 2.45) is 0 Å². The molecule has 0 radical (unpaired) electrons. The highest BCUT2D eigenvalue weighted by molar-refractivity contribution is 5.32. The molecule has 0 bridgehead atoms. The van der Waals surface area contributed by atoms with Crippen LogP contribution in [0.4, 0.5) is 0 Å². The number of nitrogens with one attached hydrogen (secondary N) is 1. The second-order valence-corrected chi connectivity index (χ2v) is 3.13. The molecule has 1 nitrogen and oxygen atoms in total. The third kappa shape index (κ3) is 2.57. The maximum atomic E-state index is 4.03. The summed E-state index contributed by atoms with van der Waals surface area (Å²) in [4.78, 5) is 0. The monoisotopic (exact) mass is 163 g/mol. The van der Waals surface area contributed by atoms with Gasteiger partial charge in [0.15, 0.2) is 0 Å². The van der Waals surface area contributed by atoms with E-state index >= 15 is 0 Å². The van der Waals surface area contributed by atoms with E-state index in [1.807, 2.05) is 0 Å². The SMILES string of the molecule is C=CNCC/C=C1\CCCC1=C. The average molecular weight is 163 g/mol. The minimum atomic E-state index is 0.986. The first-order valence-corrected chi connectivity index (χ1v) is 4.56. The Morgan fingerprint density at radius 2 is 2.25 bits per heavy atom. The van der Waals surface area contributed by atoms with Crippen LogP contribution in [0.2, 0.25) is 0 Å². The molecule has 0 unspecified atom stereocenters. The van der Waals surface area contributed by atoms with Crippen molar-refractivity contribution in [3.05, 3.63) is 36.6 Å². The Hall–Kier alpha value is -0.980. The Bertz CT molecular complexity index is 201. The van der Waals surface area contributed by atoms with Gasteiger partial charge in [-0.2, -0.15) is 0 Å². The third-order valence-corrected chi connectivity index (χ3v) is 2.20. The minimum Gasteiger partial charge on any atom is -0.391 e. The van der Waals surface area contributed by atoms with Gasteiger partial charge in [-0.05, 0) is 37.5 Å². The van der Waals surface area contributed by atoms with Crippen LogP contribution in [0.15, 0.2) is 36.6 Å². The fourth-order valence-corrected chi connectivity index (χ4v) is 1.51. The quantitative estimate of drug-likeness (QED) is 0.628. The zero-order valence-corrected chi connectivity index (χ0v) is 7.60. The Balaban J connectivity index is 2.26. The maximum absolute atomic E-state index is 4.03. The minimum absolute atomic E-state index is 0.986. The van der Waals surface area contributed by atoms with E-state index in [4.69, 9.17) is 0 Å². The molecule has 1 heteroatoms. The number of allylic oxidation sites excluding steroid dienone is 2. The Labute approximate surface area is 74.9 Å². The standard InChI is InChI=1S/C11H17N/c1-3-12-9-5-8-11-7-4-6-10(11)2/h3,8,12H,1-2,4-7,9H2/b11-8+. The fourth-order valence-electron chi connectivity index (χ4n) is 1.51. The summed E-state index contributed by atoms with van der Waals surface area (Å²) in [5.41, 5.74) is 2.81. The lowest BCUT2D eigenvalue weighted by Gasteiger charge is -1.99. The van der Waals surface area contributed by atoms with E-state index in [2.05, 4.69) is 24.6 Å². The molecular formula is C11H17N. The summed E-state index contributed by atoms with van der Waals surface area (Å²) in [5.74, 6) is 0. The van der Waals surface area contributed by atoms with Gasteiger partial charge >= 0.3 is 0 Å². The average Bonchev–Trinajstić information content (AvgIpc) is 2.46. The number of rotatable bonds is 4. The zero-order valence-electron chi connectivity index (χ0n) is 7.60. The molecule has 1 fully saturated rings.